The molecule has 1 spiro atoms. The molecular formula is C24H35FN2O2. The monoisotopic (exact) mass is 402 g/mol. The van der Waals surface area contributed by atoms with Gasteiger partial charge in [-0.2, -0.15) is 0 Å². The SMILES string of the molecule is Oc1c(F)cccc1CN1CCC(N2CC(OCC3CC3)C23CCCCC3)CC1. The van der Waals surface area contributed by atoms with Crippen LogP contribution >= 0.6 is 0 Å². The minimum atomic E-state index is -0.519. The molecule has 1 aromatic carbocycles. The molecule has 0 bridgehead atoms. The Kier molecular flexibility index (Phi) is 5.57. The number of aromatic hydroxyl groups is 1. The van der Waals surface area contributed by atoms with E-state index in [1.807, 2.05) is 6.07 Å². The Morgan fingerprint density at radius 1 is 1.07 bits per heavy atom. The van der Waals surface area contributed by atoms with Crippen molar-refractivity contribution in [3.05, 3.63) is 29.6 Å². The number of likely N-dealkylation sites (tertiary alicyclic amines) is 2. The molecule has 0 aromatic heterocycles. The maximum atomic E-state index is 13.6. The van der Waals surface area contributed by atoms with Crippen LogP contribution in [0.25, 0.3) is 0 Å². The summed E-state index contributed by atoms with van der Waals surface area (Å²) >= 11 is 0. The van der Waals surface area contributed by atoms with Crippen molar-refractivity contribution in [2.45, 2.75) is 82.0 Å². The Morgan fingerprint density at radius 3 is 2.55 bits per heavy atom. The summed E-state index contributed by atoms with van der Waals surface area (Å²) in [4.78, 5) is 5.17. The molecule has 2 aliphatic carbocycles. The number of para-hydroxylation sites is 1. The van der Waals surface area contributed by atoms with Gasteiger partial charge in [-0.3, -0.25) is 9.80 Å². The Bertz CT molecular complexity index is 709. The van der Waals surface area contributed by atoms with E-state index in [1.165, 1.54) is 51.0 Å². The normalized spacial score (nSPS) is 28.5. The summed E-state index contributed by atoms with van der Waals surface area (Å²) in [7, 11) is 0. The predicted molar refractivity (Wildman–Crippen MR) is 111 cm³/mol. The number of hydrogen-bond acceptors (Lipinski definition) is 4. The third-order valence-corrected chi connectivity index (χ3v) is 7.95. The maximum Gasteiger partial charge on any atom is 0.165 e. The van der Waals surface area contributed by atoms with Crippen LogP contribution in [0.5, 0.6) is 5.75 Å². The van der Waals surface area contributed by atoms with Crippen molar-refractivity contribution in [2.24, 2.45) is 5.92 Å². The average molecular weight is 403 g/mol. The zero-order valence-electron chi connectivity index (χ0n) is 17.5. The summed E-state index contributed by atoms with van der Waals surface area (Å²) < 4.78 is 20.0. The Labute approximate surface area is 174 Å². The van der Waals surface area contributed by atoms with Crippen LogP contribution in [-0.4, -0.2) is 58.8 Å². The number of halogens is 1. The van der Waals surface area contributed by atoms with E-state index in [0.29, 0.717) is 29.8 Å². The van der Waals surface area contributed by atoms with Gasteiger partial charge in [-0.1, -0.05) is 31.4 Å². The highest BCUT2D eigenvalue weighted by Gasteiger charge is 2.56. The van der Waals surface area contributed by atoms with Crippen molar-refractivity contribution in [2.75, 3.05) is 26.2 Å². The summed E-state index contributed by atoms with van der Waals surface area (Å²) in [6.45, 7) is 4.76. The van der Waals surface area contributed by atoms with Crippen molar-refractivity contribution in [1.82, 2.24) is 9.80 Å². The second-order valence-electron chi connectivity index (χ2n) is 9.84. The van der Waals surface area contributed by atoms with Gasteiger partial charge >= 0.3 is 0 Å². The molecule has 1 atom stereocenters. The van der Waals surface area contributed by atoms with Gasteiger partial charge in [0.2, 0.25) is 0 Å². The van der Waals surface area contributed by atoms with Gasteiger partial charge in [-0.05, 0) is 63.6 Å². The first-order valence-corrected chi connectivity index (χ1v) is 11.7. The molecule has 4 fully saturated rings. The van der Waals surface area contributed by atoms with Crippen molar-refractivity contribution >= 4 is 0 Å². The van der Waals surface area contributed by atoms with Gasteiger partial charge in [0.05, 0.1) is 6.10 Å². The molecule has 2 saturated heterocycles. The van der Waals surface area contributed by atoms with E-state index >= 15 is 0 Å². The summed E-state index contributed by atoms with van der Waals surface area (Å²) in [5, 5.41) is 9.98. The van der Waals surface area contributed by atoms with Gasteiger partial charge in [-0.15, -0.1) is 0 Å². The lowest BCUT2D eigenvalue weighted by Crippen LogP contribution is -2.75. The molecule has 1 N–H and O–H groups in total. The first-order valence-electron chi connectivity index (χ1n) is 11.7. The van der Waals surface area contributed by atoms with E-state index in [0.717, 1.165) is 45.0 Å². The lowest BCUT2D eigenvalue weighted by atomic mass is 9.69. The highest BCUT2D eigenvalue weighted by molar-refractivity contribution is 5.33. The zero-order valence-corrected chi connectivity index (χ0v) is 17.5. The van der Waals surface area contributed by atoms with Crippen LogP contribution in [0.15, 0.2) is 18.2 Å². The second kappa shape index (κ2) is 8.16. The number of phenols is 1. The standard InChI is InChI=1S/C24H35FN2O2/c25-21-6-4-5-19(23(21)28)15-26-13-9-20(10-14-26)27-16-22(29-17-18-7-8-18)24(27)11-2-1-3-12-24/h4-6,18,20,22,28H,1-3,7-17H2. The predicted octanol–water partition coefficient (Wildman–Crippen LogP) is 4.31. The van der Waals surface area contributed by atoms with E-state index in [9.17, 15) is 9.50 Å². The van der Waals surface area contributed by atoms with Crippen LogP contribution < -0.4 is 0 Å². The van der Waals surface area contributed by atoms with Gasteiger partial charge in [-0.25, -0.2) is 4.39 Å². The van der Waals surface area contributed by atoms with Crippen LogP contribution in [0.3, 0.4) is 0 Å². The molecule has 2 saturated carbocycles. The van der Waals surface area contributed by atoms with Crippen molar-refractivity contribution < 1.29 is 14.2 Å². The number of rotatable bonds is 6. The van der Waals surface area contributed by atoms with E-state index in [-0.39, 0.29) is 5.75 Å². The van der Waals surface area contributed by atoms with Gasteiger partial charge < -0.3 is 9.84 Å². The maximum absolute atomic E-state index is 13.6. The molecule has 4 aliphatic rings. The number of ether oxygens (including phenoxy) is 1. The number of benzene rings is 1. The highest BCUT2D eigenvalue weighted by Crippen LogP contribution is 2.48. The van der Waals surface area contributed by atoms with Crippen molar-refractivity contribution in [1.29, 1.82) is 0 Å². The van der Waals surface area contributed by atoms with Crippen LogP contribution in [0, 0.1) is 11.7 Å². The van der Waals surface area contributed by atoms with E-state index in [1.54, 1.807) is 6.07 Å². The molecule has 160 valence electrons. The smallest absolute Gasteiger partial charge is 0.165 e. The van der Waals surface area contributed by atoms with E-state index < -0.39 is 5.82 Å². The number of piperidine rings is 1. The lowest BCUT2D eigenvalue weighted by molar-refractivity contribution is -0.203. The molecule has 4 nitrogen and oxygen atoms in total. The Hall–Kier alpha value is -1.17. The first kappa shape index (κ1) is 19.8. The molecule has 5 heteroatoms. The Morgan fingerprint density at radius 2 is 1.83 bits per heavy atom. The van der Waals surface area contributed by atoms with Crippen LogP contribution in [0.4, 0.5) is 4.39 Å². The molecule has 2 heterocycles. The fraction of sp³-hybridized carbons (Fsp3) is 0.750. The molecule has 1 aromatic rings. The molecule has 29 heavy (non-hydrogen) atoms. The van der Waals surface area contributed by atoms with Crippen molar-refractivity contribution in [3.8, 4) is 5.75 Å². The summed E-state index contributed by atoms with van der Waals surface area (Å²) in [6, 6.07) is 5.48. The molecule has 5 rings (SSSR count). The molecular weight excluding hydrogens is 367 g/mol. The number of hydrogen-bond donors (Lipinski definition) is 1. The minimum absolute atomic E-state index is 0.186. The lowest BCUT2D eigenvalue weighted by Gasteiger charge is -2.63. The molecule has 0 amide bonds. The van der Waals surface area contributed by atoms with Gasteiger partial charge in [0, 0.05) is 36.8 Å². The second-order valence-corrected chi connectivity index (χ2v) is 9.84. The minimum Gasteiger partial charge on any atom is -0.505 e. The largest absolute Gasteiger partial charge is 0.505 e. The quantitative estimate of drug-likeness (QED) is 0.769. The summed E-state index contributed by atoms with van der Waals surface area (Å²) in [6.07, 6.45) is 12.2. The molecule has 1 unspecified atom stereocenters. The third kappa shape index (κ3) is 3.94. The third-order valence-electron chi connectivity index (χ3n) is 7.95. The zero-order chi connectivity index (χ0) is 19.8. The van der Waals surface area contributed by atoms with Crippen molar-refractivity contribution in [3.63, 3.8) is 0 Å². The highest BCUT2D eigenvalue weighted by atomic mass is 19.1. The van der Waals surface area contributed by atoms with Gasteiger partial charge in [0.1, 0.15) is 0 Å². The average Bonchev–Trinajstić information content (AvgIpc) is 3.57. The fourth-order valence-corrected chi connectivity index (χ4v) is 5.95. The number of nitrogens with zero attached hydrogens (tertiary/aromatic N) is 2. The summed E-state index contributed by atoms with van der Waals surface area (Å²) in [5.74, 6) is 0.135. The van der Waals surface area contributed by atoms with E-state index in [4.69, 9.17) is 4.74 Å². The van der Waals surface area contributed by atoms with Gasteiger partial charge in [0.15, 0.2) is 11.6 Å². The molecule has 0 radical (unpaired) electrons. The topological polar surface area (TPSA) is 35.9 Å². The summed E-state index contributed by atoms with van der Waals surface area (Å²) in [5.41, 5.74) is 1.01. The number of phenolic OH excluding ortho intramolecular Hbond substituents is 1. The van der Waals surface area contributed by atoms with Gasteiger partial charge in [0.25, 0.3) is 0 Å². The Balaban J connectivity index is 1.18. The fourth-order valence-electron chi connectivity index (χ4n) is 5.95. The van der Waals surface area contributed by atoms with E-state index in [2.05, 4.69) is 9.80 Å². The first-order chi connectivity index (χ1) is 14.2. The van der Waals surface area contributed by atoms with Crippen LogP contribution in [0.1, 0.15) is 63.4 Å². The van der Waals surface area contributed by atoms with Crippen LogP contribution in [-0.2, 0) is 11.3 Å². The molecule has 2 aliphatic heterocycles. The van der Waals surface area contributed by atoms with Crippen LogP contribution in [0.2, 0.25) is 0 Å².